The number of aryl methyl sites for hydroxylation is 1. The minimum absolute atomic E-state index is 0. The van der Waals surface area contributed by atoms with E-state index >= 15 is 0 Å². The summed E-state index contributed by atoms with van der Waals surface area (Å²) in [6.07, 6.45) is 3.90. The first-order valence-electron chi connectivity index (χ1n) is 29.8. The zero-order chi connectivity index (χ0) is 58.8. The van der Waals surface area contributed by atoms with Gasteiger partial charge in [0.15, 0.2) is 0 Å². The van der Waals surface area contributed by atoms with E-state index in [4.69, 9.17) is 13.8 Å². The fourth-order valence-electron chi connectivity index (χ4n) is 11.9. The Morgan fingerprint density at radius 3 is 1.85 bits per heavy atom. The van der Waals surface area contributed by atoms with Crippen LogP contribution in [0.25, 0.3) is 61.0 Å². The van der Waals surface area contributed by atoms with Gasteiger partial charge in [-0.05, 0) is 131 Å². The molecule has 8 aromatic carbocycles. The maximum absolute atomic E-state index is 8.97. The average Bonchev–Trinajstić information content (AvgIpc) is 1.79. The second kappa shape index (κ2) is 20.2. The van der Waals surface area contributed by atoms with Crippen molar-refractivity contribution in [2.75, 3.05) is 0 Å². The molecule has 0 atom stereocenters. The molecule has 0 saturated heterocycles. The smallest absolute Gasteiger partial charge is 0.509 e. The predicted octanol–water partition coefficient (Wildman–Crippen LogP) is 20.0. The number of rotatable bonds is 8. The molecule has 0 amide bonds. The molecule has 6 heteroatoms. The quantitative estimate of drug-likeness (QED) is 0.112. The molecule has 5 nitrogen and oxygen atoms in total. The largest absolute Gasteiger partial charge is 2.00 e. The van der Waals surface area contributed by atoms with Crippen molar-refractivity contribution in [1.82, 2.24) is 18.7 Å². The van der Waals surface area contributed by atoms with E-state index in [1.165, 1.54) is 27.8 Å². The Kier molecular flexibility index (Phi) is 12.9. The number of fused-ring (bicyclic) bond motifs is 5. The second-order valence-corrected chi connectivity index (χ2v) is 26.6. The number of hydrogen-bond donors (Lipinski definition) is 0. The molecule has 0 radical (unpaired) electrons. The van der Waals surface area contributed by atoms with E-state index in [0.29, 0.717) is 22.9 Å². The van der Waals surface area contributed by atoms with Crippen molar-refractivity contribution in [2.24, 2.45) is 0 Å². The van der Waals surface area contributed by atoms with Gasteiger partial charge in [0.1, 0.15) is 11.5 Å². The summed E-state index contributed by atoms with van der Waals surface area (Å²) in [5, 5.41) is 1.96. The third-order valence-corrected chi connectivity index (χ3v) is 16.9. The van der Waals surface area contributed by atoms with Gasteiger partial charge in [-0.2, -0.15) is 12.1 Å². The topological polar surface area (TPSA) is 33.1 Å². The van der Waals surface area contributed by atoms with Crippen molar-refractivity contribution >= 4 is 50.6 Å². The number of hydrogen-bond acceptors (Lipinski definition) is 2. The summed E-state index contributed by atoms with van der Waals surface area (Å²) in [7, 11) is 0. The number of para-hydroxylation sites is 3. The van der Waals surface area contributed by atoms with Crippen LogP contribution in [0.15, 0.2) is 170 Å². The van der Waals surface area contributed by atoms with Crippen LogP contribution >= 0.6 is 0 Å². The first-order valence-corrected chi connectivity index (χ1v) is 28.3. The third kappa shape index (κ3) is 10.2. The van der Waals surface area contributed by atoms with E-state index < -0.39 is 6.85 Å². The van der Waals surface area contributed by atoms with Gasteiger partial charge in [-0.3, -0.25) is 0 Å². The first kappa shape index (κ1) is 51.7. The Labute approximate surface area is 499 Å². The molecule has 1 aliphatic carbocycles. The molecule has 1 aliphatic heterocycles. The fraction of sp³-hybridized carbons (Fsp3) is 0.280. The van der Waals surface area contributed by atoms with E-state index in [1.54, 1.807) is 12.3 Å². The van der Waals surface area contributed by atoms with Crippen LogP contribution in [-0.4, -0.2) is 15.6 Å². The SMILES string of the molecule is [2H]C([2H])([2H])c1cc(-n2c3[c-]c(Oc4[c-]c([N+]5=C=[N+](c6c(-c7ccccc7)cccc6-c6cc(C(C)(C)C)cc(C(C)(C)C)c6)c6ccccc65)ccc4)ccc3c3cc(C(C)(C)C)ccc32)ncc1-c1ccc2c(c1)C(C)(C)CCC2(C)C.[Pt+2]. The van der Waals surface area contributed by atoms with Crippen LogP contribution in [-0.2, 0) is 48.1 Å². The molecule has 10 aromatic rings. The van der Waals surface area contributed by atoms with Crippen molar-refractivity contribution in [2.45, 2.75) is 137 Å². The van der Waals surface area contributed by atoms with E-state index in [-0.39, 0.29) is 53.7 Å². The summed E-state index contributed by atoms with van der Waals surface area (Å²) in [5.41, 5.74) is 17.6. The van der Waals surface area contributed by atoms with Crippen LogP contribution < -0.4 is 13.9 Å². The van der Waals surface area contributed by atoms with Crippen LogP contribution in [0.1, 0.15) is 140 Å². The first-order chi connectivity index (χ1) is 39.1. The molecular weight excluding hydrogens is 1170 g/mol. The Morgan fingerprint density at radius 2 is 1.17 bits per heavy atom. The molecule has 81 heavy (non-hydrogen) atoms. The molecule has 2 aliphatic rings. The van der Waals surface area contributed by atoms with Gasteiger partial charge in [-0.1, -0.05) is 209 Å². The van der Waals surface area contributed by atoms with Crippen LogP contribution in [0, 0.1) is 19.0 Å². The maximum Gasteiger partial charge on any atom is 2.00 e. The van der Waals surface area contributed by atoms with E-state index in [9.17, 15) is 0 Å². The van der Waals surface area contributed by atoms with Gasteiger partial charge >= 0.3 is 27.1 Å². The molecule has 12 rings (SSSR count). The molecule has 0 bridgehead atoms. The number of ether oxygens (including phenoxy) is 1. The number of benzene rings is 8. The fourth-order valence-corrected chi connectivity index (χ4v) is 11.9. The second-order valence-electron chi connectivity index (χ2n) is 26.6. The van der Waals surface area contributed by atoms with Gasteiger partial charge in [0.05, 0.1) is 11.1 Å². The van der Waals surface area contributed by atoms with E-state index in [0.717, 1.165) is 85.2 Å². The molecule has 408 valence electrons. The zero-order valence-electron chi connectivity index (χ0n) is 52.1. The van der Waals surface area contributed by atoms with Crippen molar-refractivity contribution < 1.29 is 29.9 Å². The van der Waals surface area contributed by atoms with Crippen LogP contribution in [0.4, 0.5) is 22.7 Å². The number of pyridine rings is 1. The molecule has 2 aromatic heterocycles. The zero-order valence-corrected chi connectivity index (χ0v) is 51.4. The molecule has 0 N–H and O–H groups in total. The summed E-state index contributed by atoms with van der Waals surface area (Å²) in [5.74, 6) is 1.46. The summed E-state index contributed by atoms with van der Waals surface area (Å²) in [6, 6.07) is 68.7. The number of nitrogens with zero attached hydrogens (tertiary/aromatic N) is 4. The van der Waals surface area contributed by atoms with Gasteiger partial charge < -0.3 is 9.30 Å². The molecule has 0 spiro atoms. The Bertz CT molecular complexity index is 4290. The summed E-state index contributed by atoms with van der Waals surface area (Å²) >= 11 is 0. The van der Waals surface area contributed by atoms with Crippen LogP contribution in [0.5, 0.6) is 11.5 Å². The maximum atomic E-state index is 8.97. The van der Waals surface area contributed by atoms with Crippen molar-refractivity contribution in [3.63, 3.8) is 0 Å². The number of aromatic nitrogens is 2. The minimum Gasteiger partial charge on any atom is -0.509 e. The third-order valence-electron chi connectivity index (χ3n) is 16.9. The molecule has 0 fully saturated rings. The molecule has 0 saturated carbocycles. The van der Waals surface area contributed by atoms with Gasteiger partial charge in [0.25, 0.3) is 11.4 Å². The van der Waals surface area contributed by atoms with E-state index in [2.05, 4.69) is 251 Å². The monoisotopic (exact) mass is 1240 g/mol. The Morgan fingerprint density at radius 1 is 0.543 bits per heavy atom. The minimum atomic E-state index is -2.43. The van der Waals surface area contributed by atoms with Crippen molar-refractivity contribution in [3.05, 3.63) is 216 Å². The normalized spacial score (nSPS) is 15.4. The summed E-state index contributed by atoms with van der Waals surface area (Å²) in [6.45, 7) is 27.1. The molecule has 3 heterocycles. The standard InChI is InChI=1S/C75H74N4O.Pt/c1-48-38-69(76-46-62(48)50-30-34-63-64(41-50)75(13,14)37-36-74(63,11)12)79-65-35-31-52(71(2,3)4)43-61(65)60-33-32-57(45-68(60)79)80-56-25-20-24-55(44-56)77-47-78(67-29-19-18-28-66(67)77)70-58(49-22-16-15-17-23-49)26-21-27-59(70)51-39-53(72(5,6)7)42-54(40-51)73(8,9)10;/h15-35,38-43,46H,36-37H2,1-14H3;/q;+2/i1D3;. The van der Waals surface area contributed by atoms with Gasteiger partial charge in [-0.15, -0.1) is 23.6 Å². The van der Waals surface area contributed by atoms with Gasteiger partial charge in [-0.25, -0.2) is 4.98 Å². The summed E-state index contributed by atoms with van der Waals surface area (Å²) in [4.78, 5) is 5.14. The van der Waals surface area contributed by atoms with E-state index in [1.807, 2.05) is 28.8 Å². The Hall–Kier alpha value is -7.42. The molecular formula is C75H74N4OPt+2. The van der Waals surface area contributed by atoms with Crippen molar-refractivity contribution in [1.29, 1.82) is 0 Å². The summed E-state index contributed by atoms with van der Waals surface area (Å²) < 4.78 is 40.0. The molecule has 0 unspecified atom stereocenters. The van der Waals surface area contributed by atoms with Crippen LogP contribution in [0.2, 0.25) is 0 Å². The Balaban J connectivity index is 0.00000736. The van der Waals surface area contributed by atoms with Crippen molar-refractivity contribution in [3.8, 4) is 50.7 Å². The average molecular weight is 1250 g/mol. The predicted molar refractivity (Wildman–Crippen MR) is 336 cm³/mol. The van der Waals surface area contributed by atoms with Gasteiger partial charge in [0.2, 0.25) is 5.69 Å². The van der Waals surface area contributed by atoms with Crippen LogP contribution in [0.3, 0.4) is 0 Å². The van der Waals surface area contributed by atoms with Gasteiger partial charge in [0, 0.05) is 45.0 Å².